The third-order valence-corrected chi connectivity index (χ3v) is 5.02. The third-order valence-electron chi connectivity index (χ3n) is 5.02. The molecular formula is C23H18N6O. The summed E-state index contributed by atoms with van der Waals surface area (Å²) < 4.78 is 0. The fourth-order valence-electron chi connectivity index (χ4n) is 3.55. The zero-order chi connectivity index (χ0) is 20.5. The number of hydrogen-bond donors (Lipinski definition) is 2. The van der Waals surface area contributed by atoms with Crippen LogP contribution in [0.15, 0.2) is 79.3 Å². The van der Waals surface area contributed by atoms with E-state index in [0.717, 1.165) is 33.1 Å². The molecule has 30 heavy (non-hydrogen) atoms. The predicted molar refractivity (Wildman–Crippen MR) is 117 cm³/mol. The van der Waals surface area contributed by atoms with Crippen LogP contribution in [0.4, 0.5) is 11.5 Å². The molecule has 3 aromatic heterocycles. The van der Waals surface area contributed by atoms with Crippen molar-refractivity contribution < 1.29 is 4.79 Å². The van der Waals surface area contributed by atoms with Crippen molar-refractivity contribution in [2.24, 2.45) is 0 Å². The molecule has 0 bridgehead atoms. The second-order valence-electron chi connectivity index (χ2n) is 7.01. The number of fused-ring (bicyclic) bond motifs is 2. The highest BCUT2D eigenvalue weighted by Gasteiger charge is 2.21. The number of para-hydroxylation sites is 1. The van der Waals surface area contributed by atoms with E-state index in [2.05, 4.69) is 20.2 Å². The van der Waals surface area contributed by atoms with Gasteiger partial charge in [0.25, 0.3) is 5.91 Å². The summed E-state index contributed by atoms with van der Waals surface area (Å²) in [6.07, 6.45) is 4.97. The monoisotopic (exact) mass is 394 g/mol. The molecule has 0 saturated heterocycles. The first-order chi connectivity index (χ1) is 14.7. The van der Waals surface area contributed by atoms with Crippen molar-refractivity contribution in [2.45, 2.75) is 6.54 Å². The number of anilines is 2. The molecule has 2 aromatic carbocycles. The van der Waals surface area contributed by atoms with Crippen LogP contribution in [0.2, 0.25) is 0 Å². The molecule has 0 fully saturated rings. The number of nitrogen functional groups attached to an aromatic ring is 1. The highest BCUT2D eigenvalue weighted by molar-refractivity contribution is 6.09. The zero-order valence-electron chi connectivity index (χ0n) is 16.0. The van der Waals surface area contributed by atoms with Gasteiger partial charge in [0, 0.05) is 23.2 Å². The van der Waals surface area contributed by atoms with Crippen LogP contribution in [0.1, 0.15) is 15.9 Å². The number of H-pyrrole nitrogens is 1. The van der Waals surface area contributed by atoms with Crippen LogP contribution < -0.4 is 10.6 Å². The minimum atomic E-state index is -0.147. The Labute approximate surface area is 172 Å². The molecule has 146 valence electrons. The second-order valence-corrected chi connectivity index (χ2v) is 7.01. The first-order valence-corrected chi connectivity index (χ1v) is 9.48. The molecule has 0 aliphatic rings. The van der Waals surface area contributed by atoms with Gasteiger partial charge in [-0.2, -0.15) is 5.10 Å². The summed E-state index contributed by atoms with van der Waals surface area (Å²) >= 11 is 0. The molecule has 0 atom stereocenters. The number of amides is 1. The maximum absolute atomic E-state index is 13.4. The number of pyridine rings is 2. The normalized spacial score (nSPS) is 11.1. The van der Waals surface area contributed by atoms with Crippen LogP contribution in [0.5, 0.6) is 0 Å². The SMILES string of the molecule is Nc1ccc2ccc(CN(C(=O)c3cccnc3)c3cccc4cn[nH]c34)cc2n1. The lowest BCUT2D eigenvalue weighted by Gasteiger charge is -2.24. The number of carbonyl (C=O) groups excluding carboxylic acids is 1. The first-order valence-electron chi connectivity index (χ1n) is 9.48. The Morgan fingerprint density at radius 1 is 1.00 bits per heavy atom. The Balaban J connectivity index is 1.61. The number of nitrogens with zero attached hydrogens (tertiary/aromatic N) is 4. The largest absolute Gasteiger partial charge is 0.384 e. The van der Waals surface area contributed by atoms with Crippen molar-refractivity contribution in [3.05, 3.63) is 90.4 Å². The van der Waals surface area contributed by atoms with E-state index in [1.165, 1.54) is 0 Å². The van der Waals surface area contributed by atoms with E-state index in [1.54, 1.807) is 41.7 Å². The average molecular weight is 394 g/mol. The van der Waals surface area contributed by atoms with E-state index in [9.17, 15) is 4.79 Å². The van der Waals surface area contributed by atoms with Gasteiger partial charge in [-0.05, 0) is 42.0 Å². The fourth-order valence-corrected chi connectivity index (χ4v) is 3.55. The lowest BCUT2D eigenvalue weighted by atomic mass is 10.1. The summed E-state index contributed by atoms with van der Waals surface area (Å²) in [6.45, 7) is 0.359. The number of rotatable bonds is 4. The second kappa shape index (κ2) is 7.29. The van der Waals surface area contributed by atoms with E-state index >= 15 is 0 Å². The summed E-state index contributed by atoms with van der Waals surface area (Å²) in [6, 6.07) is 19.0. The summed E-state index contributed by atoms with van der Waals surface area (Å²) in [7, 11) is 0. The Bertz CT molecular complexity index is 1360. The molecule has 7 heteroatoms. The number of benzene rings is 2. The van der Waals surface area contributed by atoms with E-state index in [-0.39, 0.29) is 5.91 Å². The van der Waals surface area contributed by atoms with Crippen molar-refractivity contribution >= 4 is 39.2 Å². The van der Waals surface area contributed by atoms with Crippen LogP contribution in [0.3, 0.4) is 0 Å². The average Bonchev–Trinajstić information content (AvgIpc) is 3.26. The maximum atomic E-state index is 13.4. The van der Waals surface area contributed by atoms with Crippen LogP contribution in [-0.2, 0) is 6.54 Å². The first kappa shape index (κ1) is 17.8. The molecule has 0 spiro atoms. The van der Waals surface area contributed by atoms with Gasteiger partial charge in [0.1, 0.15) is 5.82 Å². The van der Waals surface area contributed by atoms with Gasteiger partial charge in [0.05, 0.1) is 35.0 Å². The lowest BCUT2D eigenvalue weighted by Crippen LogP contribution is -2.30. The van der Waals surface area contributed by atoms with Gasteiger partial charge in [-0.15, -0.1) is 0 Å². The van der Waals surface area contributed by atoms with Crippen LogP contribution in [0, 0.1) is 0 Å². The van der Waals surface area contributed by atoms with Gasteiger partial charge in [-0.25, -0.2) is 4.98 Å². The van der Waals surface area contributed by atoms with Crippen LogP contribution in [0.25, 0.3) is 21.8 Å². The fraction of sp³-hybridized carbons (Fsp3) is 0.0435. The van der Waals surface area contributed by atoms with Gasteiger partial charge in [0.2, 0.25) is 0 Å². The quantitative estimate of drug-likeness (QED) is 0.481. The molecule has 0 aliphatic carbocycles. The maximum Gasteiger partial charge on any atom is 0.260 e. The molecular weight excluding hydrogens is 376 g/mol. The van der Waals surface area contributed by atoms with E-state index in [1.807, 2.05) is 42.5 Å². The van der Waals surface area contributed by atoms with Crippen molar-refractivity contribution in [2.75, 3.05) is 10.6 Å². The molecule has 3 heterocycles. The molecule has 0 saturated carbocycles. The van der Waals surface area contributed by atoms with E-state index in [4.69, 9.17) is 5.73 Å². The van der Waals surface area contributed by atoms with E-state index < -0.39 is 0 Å². The molecule has 3 N–H and O–H groups in total. The van der Waals surface area contributed by atoms with Crippen LogP contribution in [-0.4, -0.2) is 26.1 Å². The molecule has 7 nitrogen and oxygen atoms in total. The molecule has 5 aromatic rings. The van der Waals surface area contributed by atoms with Crippen molar-refractivity contribution in [1.29, 1.82) is 0 Å². The van der Waals surface area contributed by atoms with Gasteiger partial charge >= 0.3 is 0 Å². The number of nitrogens with two attached hydrogens (primary N) is 1. The summed E-state index contributed by atoms with van der Waals surface area (Å²) in [5.74, 6) is 0.316. The minimum absolute atomic E-state index is 0.147. The minimum Gasteiger partial charge on any atom is -0.384 e. The van der Waals surface area contributed by atoms with Gasteiger partial charge in [0.15, 0.2) is 0 Å². The number of nitrogens with one attached hydrogen (secondary N) is 1. The highest BCUT2D eigenvalue weighted by atomic mass is 16.2. The van der Waals surface area contributed by atoms with Crippen molar-refractivity contribution in [3.63, 3.8) is 0 Å². The Hall–Kier alpha value is -4.26. The van der Waals surface area contributed by atoms with Gasteiger partial charge in [-0.1, -0.05) is 24.3 Å². The number of hydrogen-bond acceptors (Lipinski definition) is 5. The summed E-state index contributed by atoms with van der Waals surface area (Å²) in [4.78, 5) is 23.7. The Kier molecular flexibility index (Phi) is 4.33. The van der Waals surface area contributed by atoms with E-state index in [0.29, 0.717) is 17.9 Å². The topological polar surface area (TPSA) is 101 Å². The van der Waals surface area contributed by atoms with Crippen molar-refractivity contribution in [1.82, 2.24) is 20.2 Å². The standard InChI is InChI=1S/C23H18N6O/c24-21-9-8-16-7-6-15(11-19(16)27-21)14-29(23(30)18-4-2-10-25-12-18)20-5-1-3-17-13-26-28-22(17)20/h1-13H,14H2,(H2,24,27)(H,26,28). The third kappa shape index (κ3) is 3.22. The molecule has 0 unspecified atom stereocenters. The Morgan fingerprint density at radius 2 is 1.90 bits per heavy atom. The smallest absolute Gasteiger partial charge is 0.260 e. The van der Waals surface area contributed by atoms with Crippen molar-refractivity contribution in [3.8, 4) is 0 Å². The molecule has 0 radical (unpaired) electrons. The lowest BCUT2D eigenvalue weighted by molar-refractivity contribution is 0.0985. The number of carbonyl (C=O) groups is 1. The molecule has 1 amide bonds. The van der Waals surface area contributed by atoms with Gasteiger partial charge in [-0.3, -0.25) is 14.9 Å². The van der Waals surface area contributed by atoms with Crippen LogP contribution >= 0.6 is 0 Å². The highest BCUT2D eigenvalue weighted by Crippen LogP contribution is 2.28. The molecule has 5 rings (SSSR count). The zero-order valence-corrected chi connectivity index (χ0v) is 16.0. The predicted octanol–water partition coefficient (Wildman–Crippen LogP) is 3.94. The summed E-state index contributed by atoms with van der Waals surface area (Å²) in [5, 5.41) is 9.07. The Morgan fingerprint density at radius 3 is 2.77 bits per heavy atom. The van der Waals surface area contributed by atoms with Gasteiger partial charge < -0.3 is 10.6 Å². The molecule has 0 aliphatic heterocycles. The number of aromatic nitrogens is 4. The number of aromatic amines is 1. The summed E-state index contributed by atoms with van der Waals surface area (Å²) in [5.41, 5.74) is 9.64.